The van der Waals surface area contributed by atoms with Gasteiger partial charge in [-0.05, 0) is 51.4 Å². The molecule has 1 aliphatic heterocycles. The van der Waals surface area contributed by atoms with Gasteiger partial charge in [-0.25, -0.2) is 0 Å². The Balaban J connectivity index is 1.43. The molecule has 0 radical (unpaired) electrons. The van der Waals surface area contributed by atoms with Gasteiger partial charge < -0.3 is 10.1 Å². The van der Waals surface area contributed by atoms with Crippen molar-refractivity contribution in [2.45, 2.75) is 82.5 Å². The van der Waals surface area contributed by atoms with Crippen molar-refractivity contribution >= 4 is 0 Å². The molecule has 0 amide bonds. The predicted molar refractivity (Wildman–Crippen MR) is 70.1 cm³/mol. The highest BCUT2D eigenvalue weighted by molar-refractivity contribution is 4.92. The summed E-state index contributed by atoms with van der Waals surface area (Å²) in [5, 5.41) is 3.68. The fraction of sp³-hybridized carbons (Fsp3) is 1.00. The molecule has 0 aromatic rings. The first-order valence-electron chi connectivity index (χ1n) is 7.69. The van der Waals surface area contributed by atoms with E-state index in [1.165, 1.54) is 57.8 Å². The molecule has 2 saturated carbocycles. The average Bonchev–Trinajstić information content (AvgIpc) is 3.13. The smallest absolute Gasteiger partial charge is 0.0708 e. The van der Waals surface area contributed by atoms with Crippen molar-refractivity contribution in [2.24, 2.45) is 5.92 Å². The van der Waals surface area contributed by atoms with E-state index in [-0.39, 0.29) is 0 Å². The molecule has 1 heterocycles. The highest BCUT2D eigenvalue weighted by Crippen LogP contribution is 2.41. The Morgan fingerprint density at radius 3 is 2.59 bits per heavy atom. The molecule has 2 heteroatoms. The molecular formula is C15H27NO. The largest absolute Gasteiger partial charge is 0.370 e. The number of hydrogen-bond acceptors (Lipinski definition) is 2. The summed E-state index contributed by atoms with van der Waals surface area (Å²) in [6, 6.07) is 0.710. The number of nitrogens with one attached hydrogen (secondary N) is 1. The lowest BCUT2D eigenvalue weighted by Gasteiger charge is -2.33. The second-order valence-corrected chi connectivity index (χ2v) is 6.56. The SMILES string of the molecule is CC(NCC1CCC2(CCCCC2)O1)C1CC1. The maximum absolute atomic E-state index is 6.38. The summed E-state index contributed by atoms with van der Waals surface area (Å²) >= 11 is 0. The van der Waals surface area contributed by atoms with Gasteiger partial charge in [-0.2, -0.15) is 0 Å². The number of ether oxygens (including phenoxy) is 1. The Kier molecular flexibility index (Phi) is 3.45. The summed E-state index contributed by atoms with van der Waals surface area (Å²) in [6.07, 6.45) is 12.8. The zero-order valence-corrected chi connectivity index (χ0v) is 11.2. The van der Waals surface area contributed by atoms with E-state index in [1.54, 1.807) is 0 Å². The third-order valence-electron chi connectivity index (χ3n) is 5.10. The molecular weight excluding hydrogens is 210 g/mol. The minimum Gasteiger partial charge on any atom is -0.370 e. The van der Waals surface area contributed by atoms with Crippen LogP contribution in [0.25, 0.3) is 0 Å². The quantitative estimate of drug-likeness (QED) is 0.810. The average molecular weight is 237 g/mol. The lowest BCUT2D eigenvalue weighted by Crippen LogP contribution is -2.37. The summed E-state index contributed by atoms with van der Waals surface area (Å²) in [6.45, 7) is 3.42. The highest BCUT2D eigenvalue weighted by atomic mass is 16.5. The molecule has 2 nitrogen and oxygen atoms in total. The molecule has 1 spiro atoms. The van der Waals surface area contributed by atoms with Gasteiger partial charge in [-0.3, -0.25) is 0 Å². The van der Waals surface area contributed by atoms with Crippen LogP contribution in [0.15, 0.2) is 0 Å². The normalized spacial score (nSPS) is 34.1. The number of hydrogen-bond donors (Lipinski definition) is 1. The van der Waals surface area contributed by atoms with E-state index in [0.29, 0.717) is 17.7 Å². The van der Waals surface area contributed by atoms with Crippen LogP contribution in [0.1, 0.15) is 64.7 Å². The van der Waals surface area contributed by atoms with Crippen LogP contribution in [0.4, 0.5) is 0 Å². The molecule has 1 N–H and O–H groups in total. The van der Waals surface area contributed by atoms with Crippen LogP contribution in [-0.2, 0) is 4.74 Å². The monoisotopic (exact) mass is 237 g/mol. The van der Waals surface area contributed by atoms with Gasteiger partial charge in [0.15, 0.2) is 0 Å². The zero-order valence-electron chi connectivity index (χ0n) is 11.2. The van der Waals surface area contributed by atoms with Gasteiger partial charge in [0, 0.05) is 12.6 Å². The van der Waals surface area contributed by atoms with Crippen molar-refractivity contribution in [3.8, 4) is 0 Å². The Morgan fingerprint density at radius 2 is 1.88 bits per heavy atom. The molecule has 0 bridgehead atoms. The lowest BCUT2D eigenvalue weighted by atomic mass is 9.83. The first kappa shape index (κ1) is 12.0. The molecule has 2 aliphatic carbocycles. The van der Waals surface area contributed by atoms with E-state index in [9.17, 15) is 0 Å². The molecule has 98 valence electrons. The van der Waals surface area contributed by atoms with Crippen molar-refractivity contribution in [1.82, 2.24) is 5.32 Å². The Labute approximate surface area is 105 Å². The Morgan fingerprint density at radius 1 is 1.12 bits per heavy atom. The van der Waals surface area contributed by atoms with Gasteiger partial charge in [-0.15, -0.1) is 0 Å². The molecule has 3 rings (SSSR count). The van der Waals surface area contributed by atoms with Gasteiger partial charge in [0.1, 0.15) is 0 Å². The molecule has 2 unspecified atom stereocenters. The predicted octanol–water partition coefficient (Wildman–Crippen LogP) is 3.26. The minimum atomic E-state index is 0.299. The summed E-state index contributed by atoms with van der Waals surface area (Å²) in [7, 11) is 0. The van der Waals surface area contributed by atoms with E-state index in [1.807, 2.05) is 0 Å². The molecule has 2 atom stereocenters. The summed E-state index contributed by atoms with van der Waals surface area (Å²) in [4.78, 5) is 0. The summed E-state index contributed by atoms with van der Waals surface area (Å²) < 4.78 is 6.38. The van der Waals surface area contributed by atoms with Crippen molar-refractivity contribution in [2.75, 3.05) is 6.54 Å². The molecule has 0 aromatic carbocycles. The van der Waals surface area contributed by atoms with Crippen LogP contribution in [0.5, 0.6) is 0 Å². The van der Waals surface area contributed by atoms with Crippen molar-refractivity contribution in [3.63, 3.8) is 0 Å². The molecule has 17 heavy (non-hydrogen) atoms. The van der Waals surface area contributed by atoms with Gasteiger partial charge in [0.05, 0.1) is 11.7 Å². The van der Waals surface area contributed by atoms with Crippen molar-refractivity contribution in [1.29, 1.82) is 0 Å². The summed E-state index contributed by atoms with van der Waals surface area (Å²) in [5.41, 5.74) is 0.299. The van der Waals surface area contributed by atoms with Gasteiger partial charge in [0.25, 0.3) is 0 Å². The topological polar surface area (TPSA) is 21.3 Å². The first-order valence-corrected chi connectivity index (χ1v) is 7.69. The third-order valence-corrected chi connectivity index (χ3v) is 5.10. The lowest BCUT2D eigenvalue weighted by molar-refractivity contribution is -0.0629. The molecule has 3 fully saturated rings. The van der Waals surface area contributed by atoms with Crippen molar-refractivity contribution in [3.05, 3.63) is 0 Å². The van der Waals surface area contributed by atoms with Crippen LogP contribution in [0.2, 0.25) is 0 Å². The van der Waals surface area contributed by atoms with E-state index >= 15 is 0 Å². The van der Waals surface area contributed by atoms with Crippen LogP contribution in [0.3, 0.4) is 0 Å². The minimum absolute atomic E-state index is 0.299. The van der Waals surface area contributed by atoms with Gasteiger partial charge in [0.2, 0.25) is 0 Å². The van der Waals surface area contributed by atoms with Crippen molar-refractivity contribution < 1.29 is 4.74 Å². The Bertz CT molecular complexity index is 256. The van der Waals surface area contributed by atoms with Crippen LogP contribution >= 0.6 is 0 Å². The molecule has 3 aliphatic rings. The third kappa shape index (κ3) is 2.85. The fourth-order valence-corrected chi connectivity index (χ4v) is 3.68. The van der Waals surface area contributed by atoms with Gasteiger partial charge >= 0.3 is 0 Å². The Hall–Kier alpha value is -0.0800. The zero-order chi connectivity index (χ0) is 11.7. The van der Waals surface area contributed by atoms with Crippen LogP contribution in [-0.4, -0.2) is 24.3 Å². The van der Waals surface area contributed by atoms with E-state index in [0.717, 1.165) is 12.5 Å². The second kappa shape index (κ2) is 4.89. The standard InChI is InChI=1S/C15H27NO/c1-12(13-5-6-13)16-11-14-7-10-15(17-14)8-3-2-4-9-15/h12-14,16H,2-11H2,1H3. The van der Waals surface area contributed by atoms with Gasteiger partial charge in [-0.1, -0.05) is 19.3 Å². The van der Waals surface area contributed by atoms with E-state index < -0.39 is 0 Å². The maximum Gasteiger partial charge on any atom is 0.0708 e. The maximum atomic E-state index is 6.38. The highest BCUT2D eigenvalue weighted by Gasteiger charge is 2.40. The van der Waals surface area contributed by atoms with Crippen LogP contribution in [0, 0.1) is 5.92 Å². The number of rotatable bonds is 4. The van der Waals surface area contributed by atoms with E-state index in [4.69, 9.17) is 4.74 Å². The molecule has 0 aromatic heterocycles. The second-order valence-electron chi connectivity index (χ2n) is 6.56. The summed E-state index contributed by atoms with van der Waals surface area (Å²) in [5.74, 6) is 0.958. The fourth-order valence-electron chi connectivity index (χ4n) is 3.68. The molecule has 1 saturated heterocycles. The van der Waals surface area contributed by atoms with Crippen LogP contribution < -0.4 is 5.32 Å². The first-order chi connectivity index (χ1) is 8.27. The van der Waals surface area contributed by atoms with E-state index in [2.05, 4.69) is 12.2 Å².